The highest BCUT2D eigenvalue weighted by Gasteiger charge is 2.13. The number of aromatic nitrogens is 2. The summed E-state index contributed by atoms with van der Waals surface area (Å²) in [5, 5.41) is 6.52. The van der Waals surface area contributed by atoms with Crippen molar-refractivity contribution in [3.63, 3.8) is 0 Å². The standard InChI is InChI=1S/C18H23ClN4O2/c1-4-5-6-7-20-18-21-10-13(11-22-18)17(24)23-15-8-12(2)14(19)9-16(15)25-3/h8-11H,4-7H2,1-3H3,(H,23,24)(H,20,21,22). The summed E-state index contributed by atoms with van der Waals surface area (Å²) in [6.07, 6.45) is 6.39. The number of hydrogen-bond acceptors (Lipinski definition) is 5. The van der Waals surface area contributed by atoms with Crippen LogP contribution in [0.3, 0.4) is 0 Å². The van der Waals surface area contributed by atoms with E-state index in [1.807, 2.05) is 6.92 Å². The molecule has 1 aromatic heterocycles. The second-order valence-corrected chi connectivity index (χ2v) is 6.09. The SMILES string of the molecule is CCCCCNc1ncc(C(=O)Nc2cc(C)c(Cl)cc2OC)cn1. The number of halogens is 1. The molecule has 1 aromatic carbocycles. The third kappa shape index (κ3) is 5.32. The van der Waals surface area contributed by atoms with E-state index in [4.69, 9.17) is 16.3 Å². The number of amides is 1. The van der Waals surface area contributed by atoms with E-state index in [2.05, 4.69) is 27.5 Å². The summed E-state index contributed by atoms with van der Waals surface area (Å²) in [5.74, 6) is 0.712. The van der Waals surface area contributed by atoms with Crippen LogP contribution in [0.25, 0.3) is 0 Å². The lowest BCUT2D eigenvalue weighted by molar-refractivity contribution is 0.102. The van der Waals surface area contributed by atoms with Gasteiger partial charge in [-0.2, -0.15) is 0 Å². The Morgan fingerprint density at radius 2 is 1.96 bits per heavy atom. The van der Waals surface area contributed by atoms with Crippen LogP contribution < -0.4 is 15.4 Å². The minimum Gasteiger partial charge on any atom is -0.495 e. The Morgan fingerprint density at radius 3 is 2.60 bits per heavy atom. The molecule has 6 nitrogen and oxygen atoms in total. The van der Waals surface area contributed by atoms with E-state index in [9.17, 15) is 4.79 Å². The Hall–Kier alpha value is -2.34. The number of nitrogens with one attached hydrogen (secondary N) is 2. The zero-order valence-electron chi connectivity index (χ0n) is 14.7. The van der Waals surface area contributed by atoms with Crippen molar-refractivity contribution in [3.05, 3.63) is 40.7 Å². The predicted octanol–water partition coefficient (Wildman–Crippen LogP) is 4.30. The lowest BCUT2D eigenvalue weighted by Gasteiger charge is -2.12. The van der Waals surface area contributed by atoms with Crippen molar-refractivity contribution in [2.45, 2.75) is 33.1 Å². The number of carbonyl (C=O) groups excluding carboxylic acids is 1. The molecule has 7 heteroatoms. The van der Waals surface area contributed by atoms with Gasteiger partial charge in [0.05, 0.1) is 18.4 Å². The first kappa shape index (κ1) is 19.0. The first-order valence-corrected chi connectivity index (χ1v) is 8.64. The number of aryl methyl sites for hydroxylation is 1. The van der Waals surface area contributed by atoms with Gasteiger partial charge >= 0.3 is 0 Å². The molecule has 0 fully saturated rings. The number of ether oxygens (including phenoxy) is 1. The topological polar surface area (TPSA) is 76.1 Å². The Morgan fingerprint density at radius 1 is 1.24 bits per heavy atom. The van der Waals surface area contributed by atoms with E-state index in [0.29, 0.717) is 28.0 Å². The van der Waals surface area contributed by atoms with Crippen LogP contribution >= 0.6 is 11.6 Å². The zero-order chi connectivity index (χ0) is 18.2. The molecular weight excluding hydrogens is 340 g/mol. The molecule has 1 amide bonds. The molecule has 0 aliphatic carbocycles. The summed E-state index contributed by atoms with van der Waals surface area (Å²) in [4.78, 5) is 20.7. The Bertz CT molecular complexity index is 720. The third-order valence-electron chi connectivity index (χ3n) is 3.71. The van der Waals surface area contributed by atoms with E-state index in [1.54, 1.807) is 12.1 Å². The van der Waals surface area contributed by atoms with Crippen molar-refractivity contribution in [3.8, 4) is 5.75 Å². The average Bonchev–Trinajstić information content (AvgIpc) is 2.62. The highest BCUT2D eigenvalue weighted by molar-refractivity contribution is 6.31. The Labute approximate surface area is 153 Å². The largest absolute Gasteiger partial charge is 0.495 e. The molecule has 0 aliphatic rings. The van der Waals surface area contributed by atoms with Crippen LogP contribution in [0.2, 0.25) is 5.02 Å². The van der Waals surface area contributed by atoms with E-state index in [-0.39, 0.29) is 5.91 Å². The van der Waals surface area contributed by atoms with E-state index in [1.165, 1.54) is 19.5 Å². The second-order valence-electron chi connectivity index (χ2n) is 5.69. The Kier molecular flexibility index (Phi) is 7.01. The maximum atomic E-state index is 12.4. The van der Waals surface area contributed by atoms with Crippen molar-refractivity contribution in [1.82, 2.24) is 9.97 Å². The van der Waals surface area contributed by atoms with E-state index >= 15 is 0 Å². The van der Waals surface area contributed by atoms with Crippen molar-refractivity contribution in [2.75, 3.05) is 24.3 Å². The molecule has 2 N–H and O–H groups in total. The van der Waals surface area contributed by atoms with E-state index < -0.39 is 0 Å². The molecule has 0 atom stereocenters. The molecule has 0 bridgehead atoms. The first-order chi connectivity index (χ1) is 12.0. The fourth-order valence-electron chi connectivity index (χ4n) is 2.24. The van der Waals surface area contributed by atoms with Gasteiger partial charge in [0.25, 0.3) is 5.91 Å². The number of carbonyl (C=O) groups is 1. The molecule has 0 saturated heterocycles. The molecular formula is C18H23ClN4O2. The van der Waals surface area contributed by atoms with Crippen molar-refractivity contribution in [2.24, 2.45) is 0 Å². The highest BCUT2D eigenvalue weighted by Crippen LogP contribution is 2.31. The maximum Gasteiger partial charge on any atom is 0.258 e. The lowest BCUT2D eigenvalue weighted by Crippen LogP contribution is -2.14. The fraction of sp³-hybridized carbons (Fsp3) is 0.389. The van der Waals surface area contributed by atoms with Crippen LogP contribution in [0.15, 0.2) is 24.5 Å². The van der Waals surface area contributed by atoms with Gasteiger partial charge in [0.2, 0.25) is 5.95 Å². The normalized spacial score (nSPS) is 10.4. The number of unbranched alkanes of at least 4 members (excludes halogenated alkanes) is 2. The predicted molar refractivity (Wildman–Crippen MR) is 101 cm³/mol. The van der Waals surface area contributed by atoms with Crippen molar-refractivity contribution >= 4 is 29.1 Å². The quantitative estimate of drug-likeness (QED) is 0.684. The summed E-state index contributed by atoms with van der Waals surface area (Å²) in [7, 11) is 1.53. The van der Waals surface area contributed by atoms with Crippen LogP contribution in [0.5, 0.6) is 5.75 Å². The summed E-state index contributed by atoms with van der Waals surface area (Å²) in [5.41, 5.74) is 1.77. The summed E-state index contributed by atoms with van der Waals surface area (Å²) in [6, 6.07) is 3.44. The maximum absolute atomic E-state index is 12.4. The van der Waals surface area contributed by atoms with Crippen LogP contribution in [0, 0.1) is 6.92 Å². The third-order valence-corrected chi connectivity index (χ3v) is 4.11. The van der Waals surface area contributed by atoms with E-state index in [0.717, 1.165) is 31.4 Å². The number of hydrogen-bond donors (Lipinski definition) is 2. The van der Waals surface area contributed by atoms with Crippen molar-refractivity contribution < 1.29 is 9.53 Å². The van der Waals surface area contributed by atoms with Gasteiger partial charge in [0, 0.05) is 30.0 Å². The van der Waals surface area contributed by atoms with Gasteiger partial charge in [0.15, 0.2) is 0 Å². The molecule has 0 unspecified atom stereocenters. The second kappa shape index (κ2) is 9.22. The molecule has 25 heavy (non-hydrogen) atoms. The fourth-order valence-corrected chi connectivity index (χ4v) is 2.39. The lowest BCUT2D eigenvalue weighted by atomic mass is 10.2. The zero-order valence-corrected chi connectivity index (χ0v) is 15.5. The van der Waals surface area contributed by atoms with Crippen molar-refractivity contribution in [1.29, 1.82) is 0 Å². The van der Waals surface area contributed by atoms with Crippen LogP contribution in [-0.2, 0) is 0 Å². The molecule has 134 valence electrons. The first-order valence-electron chi connectivity index (χ1n) is 8.26. The van der Waals surface area contributed by atoms with Gasteiger partial charge in [0.1, 0.15) is 5.75 Å². The van der Waals surface area contributed by atoms with Gasteiger partial charge in [-0.3, -0.25) is 4.79 Å². The van der Waals surface area contributed by atoms with Gasteiger partial charge in [-0.15, -0.1) is 0 Å². The molecule has 2 aromatic rings. The molecule has 0 spiro atoms. The average molecular weight is 363 g/mol. The molecule has 0 radical (unpaired) electrons. The van der Waals surface area contributed by atoms with Gasteiger partial charge in [-0.05, 0) is 25.0 Å². The smallest absolute Gasteiger partial charge is 0.258 e. The summed E-state index contributed by atoms with van der Waals surface area (Å²) in [6.45, 7) is 4.83. The number of methoxy groups -OCH3 is 1. The number of rotatable bonds is 8. The van der Waals surface area contributed by atoms with Gasteiger partial charge < -0.3 is 15.4 Å². The van der Waals surface area contributed by atoms with Gasteiger partial charge in [-0.1, -0.05) is 31.4 Å². The molecule has 0 aliphatic heterocycles. The number of anilines is 2. The highest BCUT2D eigenvalue weighted by atomic mass is 35.5. The minimum atomic E-state index is -0.308. The molecule has 1 heterocycles. The Balaban J connectivity index is 2.02. The minimum absolute atomic E-state index is 0.308. The molecule has 2 rings (SSSR count). The summed E-state index contributed by atoms with van der Waals surface area (Å²) >= 11 is 6.08. The summed E-state index contributed by atoms with van der Waals surface area (Å²) < 4.78 is 5.26. The van der Waals surface area contributed by atoms with Gasteiger partial charge in [-0.25, -0.2) is 9.97 Å². The monoisotopic (exact) mass is 362 g/mol. The number of benzene rings is 1. The molecule has 0 saturated carbocycles. The van der Waals surface area contributed by atoms with Crippen LogP contribution in [0.4, 0.5) is 11.6 Å². The van der Waals surface area contributed by atoms with Crippen LogP contribution in [0.1, 0.15) is 42.1 Å². The number of nitrogens with zero attached hydrogens (tertiary/aromatic N) is 2. The van der Waals surface area contributed by atoms with Crippen LogP contribution in [-0.4, -0.2) is 29.5 Å².